The van der Waals surface area contributed by atoms with E-state index in [1.807, 2.05) is 0 Å². The average Bonchev–Trinajstić information content (AvgIpc) is 2.54. The van der Waals surface area contributed by atoms with Gasteiger partial charge in [-0.15, -0.1) is 0 Å². The number of carbonyl (C=O) groups excluding carboxylic acids is 1. The van der Waals surface area contributed by atoms with Crippen LogP contribution in [0.3, 0.4) is 0 Å². The van der Waals surface area contributed by atoms with Gasteiger partial charge in [-0.3, -0.25) is 0 Å². The summed E-state index contributed by atoms with van der Waals surface area (Å²) in [6.45, 7) is 0.632. The van der Waals surface area contributed by atoms with Crippen molar-refractivity contribution in [2.24, 2.45) is 0 Å². The lowest BCUT2D eigenvalue weighted by molar-refractivity contribution is -0.315. The van der Waals surface area contributed by atoms with Crippen LogP contribution in [0.1, 0.15) is 6.92 Å². The van der Waals surface area contributed by atoms with Crippen LogP contribution in [-0.2, 0) is 19.0 Å². The monoisotopic (exact) mass is 340 g/mol. The summed E-state index contributed by atoms with van der Waals surface area (Å²) in [5, 5.41) is 57.5. The number of aldehydes is 1. The molecular formula is C13H24O10. The van der Waals surface area contributed by atoms with Crippen LogP contribution in [0, 0.1) is 0 Å². The Bertz CT molecular complexity index is 363. The summed E-state index contributed by atoms with van der Waals surface area (Å²) < 4.78 is 15.3. The van der Waals surface area contributed by atoms with Crippen LogP contribution in [0.4, 0.5) is 0 Å². The van der Waals surface area contributed by atoms with Crippen molar-refractivity contribution in [3.63, 3.8) is 0 Å². The Morgan fingerprint density at radius 1 is 1.17 bits per heavy atom. The van der Waals surface area contributed by atoms with Gasteiger partial charge in [-0.25, -0.2) is 0 Å². The summed E-state index contributed by atoms with van der Waals surface area (Å²) in [5.74, 6) is 0. The van der Waals surface area contributed by atoms with Crippen LogP contribution in [0.15, 0.2) is 0 Å². The highest BCUT2D eigenvalue weighted by molar-refractivity contribution is 5.57. The molecule has 136 valence electrons. The summed E-state index contributed by atoms with van der Waals surface area (Å²) in [6.07, 6.45) is -12.8. The minimum atomic E-state index is -1.70. The molecule has 1 aliphatic rings. The fourth-order valence-corrected chi connectivity index (χ4v) is 2.26. The molecular weight excluding hydrogens is 316 g/mol. The Kier molecular flexibility index (Phi) is 7.94. The number of aliphatic hydroxyl groups excluding tert-OH is 6. The minimum Gasteiger partial charge on any atom is -0.394 e. The molecule has 0 saturated carbocycles. The lowest BCUT2D eigenvalue weighted by Crippen LogP contribution is -2.60. The van der Waals surface area contributed by atoms with E-state index in [2.05, 4.69) is 0 Å². The molecule has 0 amide bonds. The second kappa shape index (κ2) is 8.97. The molecule has 1 rings (SSSR count). The largest absolute Gasteiger partial charge is 0.394 e. The SMILES string of the molecule is CO[C@H]([C@H](O)[C@@H](C)O)[C@H](C=O)O[C@@H]1O[C@H](CO)[C@@H](O)[C@H](O)[C@H]1O. The fourth-order valence-electron chi connectivity index (χ4n) is 2.26. The predicted molar refractivity (Wildman–Crippen MR) is 73.2 cm³/mol. The Balaban J connectivity index is 2.86. The molecule has 0 radical (unpaired) electrons. The average molecular weight is 340 g/mol. The zero-order valence-electron chi connectivity index (χ0n) is 12.8. The first-order valence-electron chi connectivity index (χ1n) is 7.08. The molecule has 0 aliphatic carbocycles. The van der Waals surface area contributed by atoms with Gasteiger partial charge in [0.2, 0.25) is 0 Å². The minimum absolute atomic E-state index is 0.279. The molecule has 1 aliphatic heterocycles. The van der Waals surface area contributed by atoms with Crippen LogP contribution in [0.25, 0.3) is 0 Å². The molecule has 6 N–H and O–H groups in total. The summed E-state index contributed by atoms with van der Waals surface area (Å²) in [6, 6.07) is 0. The van der Waals surface area contributed by atoms with E-state index in [1.165, 1.54) is 14.0 Å². The van der Waals surface area contributed by atoms with Gasteiger partial charge in [0.1, 0.15) is 42.7 Å². The molecule has 10 heteroatoms. The third-order valence-corrected chi connectivity index (χ3v) is 3.70. The van der Waals surface area contributed by atoms with Gasteiger partial charge in [-0.1, -0.05) is 0 Å². The lowest BCUT2D eigenvalue weighted by Gasteiger charge is -2.41. The summed E-state index contributed by atoms with van der Waals surface area (Å²) in [7, 11) is 1.18. The van der Waals surface area contributed by atoms with E-state index in [0.29, 0.717) is 0 Å². The van der Waals surface area contributed by atoms with Crippen molar-refractivity contribution in [3.8, 4) is 0 Å². The van der Waals surface area contributed by atoms with Gasteiger partial charge in [0, 0.05) is 7.11 Å². The first-order valence-corrected chi connectivity index (χ1v) is 7.08. The molecule has 1 fully saturated rings. The molecule has 1 heterocycles. The molecule has 23 heavy (non-hydrogen) atoms. The topological polar surface area (TPSA) is 166 Å². The van der Waals surface area contributed by atoms with E-state index >= 15 is 0 Å². The Hall–Kier alpha value is -0.690. The van der Waals surface area contributed by atoms with Crippen LogP contribution in [0.5, 0.6) is 0 Å². The second-order valence-corrected chi connectivity index (χ2v) is 5.37. The standard InChI is InChI=1S/C13H24O10/c1-5(16)8(17)12(21-2)7(4-15)23-13-11(20)10(19)9(18)6(3-14)22-13/h4-14,16-20H,3H2,1-2H3/t5-,6-,7+,8-,9-,10+,11-,12+,13+/m1/s1. The highest BCUT2D eigenvalue weighted by atomic mass is 16.7. The van der Waals surface area contributed by atoms with Gasteiger partial charge in [0.25, 0.3) is 0 Å². The summed E-state index contributed by atoms with van der Waals surface area (Å²) in [4.78, 5) is 11.2. The highest BCUT2D eigenvalue weighted by Crippen LogP contribution is 2.24. The Morgan fingerprint density at radius 3 is 2.22 bits per heavy atom. The van der Waals surface area contributed by atoms with Gasteiger partial charge in [-0.2, -0.15) is 0 Å². The smallest absolute Gasteiger partial charge is 0.187 e. The maximum Gasteiger partial charge on any atom is 0.187 e. The zero-order valence-corrected chi connectivity index (χ0v) is 12.8. The summed E-state index contributed by atoms with van der Waals surface area (Å²) in [5.41, 5.74) is 0. The van der Waals surface area contributed by atoms with Crippen molar-refractivity contribution >= 4 is 6.29 Å². The van der Waals surface area contributed by atoms with Crippen LogP contribution in [-0.4, -0.2) is 106 Å². The molecule has 10 nitrogen and oxygen atoms in total. The van der Waals surface area contributed by atoms with Gasteiger partial charge >= 0.3 is 0 Å². The third-order valence-electron chi connectivity index (χ3n) is 3.70. The zero-order chi connectivity index (χ0) is 17.7. The lowest BCUT2D eigenvalue weighted by atomic mass is 9.99. The molecule has 1 saturated heterocycles. The van der Waals surface area contributed by atoms with Gasteiger partial charge in [0.05, 0.1) is 12.7 Å². The predicted octanol–water partition coefficient (Wildman–Crippen LogP) is -3.87. The first kappa shape index (κ1) is 20.4. The number of aliphatic hydroxyl groups is 6. The van der Waals surface area contributed by atoms with Crippen LogP contribution < -0.4 is 0 Å². The van der Waals surface area contributed by atoms with Crippen LogP contribution >= 0.6 is 0 Å². The quantitative estimate of drug-likeness (QED) is 0.241. The molecule has 0 spiro atoms. The molecule has 0 aromatic rings. The van der Waals surface area contributed by atoms with Crippen molar-refractivity contribution in [2.75, 3.05) is 13.7 Å². The number of rotatable bonds is 8. The molecule has 0 aromatic carbocycles. The van der Waals surface area contributed by atoms with Crippen LogP contribution in [0.2, 0.25) is 0 Å². The number of methoxy groups -OCH3 is 1. The van der Waals surface area contributed by atoms with Crippen molar-refractivity contribution < 1.29 is 49.6 Å². The van der Waals surface area contributed by atoms with Crippen molar-refractivity contribution in [3.05, 3.63) is 0 Å². The van der Waals surface area contributed by atoms with Crippen molar-refractivity contribution in [1.29, 1.82) is 0 Å². The van der Waals surface area contributed by atoms with E-state index in [9.17, 15) is 30.3 Å². The maximum atomic E-state index is 11.2. The van der Waals surface area contributed by atoms with E-state index in [4.69, 9.17) is 19.3 Å². The van der Waals surface area contributed by atoms with E-state index in [-0.39, 0.29) is 6.29 Å². The highest BCUT2D eigenvalue weighted by Gasteiger charge is 2.46. The molecule has 9 atom stereocenters. The molecule has 0 unspecified atom stereocenters. The van der Waals surface area contributed by atoms with Crippen molar-refractivity contribution in [1.82, 2.24) is 0 Å². The fraction of sp³-hybridized carbons (Fsp3) is 0.923. The number of ether oxygens (including phenoxy) is 3. The number of carbonyl (C=O) groups is 1. The van der Waals surface area contributed by atoms with Crippen molar-refractivity contribution in [2.45, 2.75) is 62.0 Å². The molecule has 0 aromatic heterocycles. The Labute approximate surface area is 132 Å². The van der Waals surface area contributed by atoms with E-state index < -0.39 is 61.7 Å². The third kappa shape index (κ3) is 4.66. The number of hydrogen-bond acceptors (Lipinski definition) is 10. The van der Waals surface area contributed by atoms with Gasteiger partial charge in [-0.05, 0) is 6.92 Å². The van der Waals surface area contributed by atoms with Gasteiger partial charge < -0.3 is 49.6 Å². The second-order valence-electron chi connectivity index (χ2n) is 5.37. The first-order chi connectivity index (χ1) is 10.8. The number of hydrogen-bond donors (Lipinski definition) is 6. The molecule has 0 bridgehead atoms. The summed E-state index contributed by atoms with van der Waals surface area (Å²) >= 11 is 0. The van der Waals surface area contributed by atoms with E-state index in [0.717, 1.165) is 0 Å². The Morgan fingerprint density at radius 2 is 1.78 bits per heavy atom. The normalized spacial score (nSPS) is 37.0. The van der Waals surface area contributed by atoms with E-state index in [1.54, 1.807) is 0 Å². The van der Waals surface area contributed by atoms with Gasteiger partial charge in [0.15, 0.2) is 12.6 Å². The maximum absolute atomic E-state index is 11.2.